The van der Waals surface area contributed by atoms with E-state index in [2.05, 4.69) is 5.32 Å². The lowest BCUT2D eigenvalue weighted by Gasteiger charge is -2.32. The molecule has 3 aromatic carbocycles. The summed E-state index contributed by atoms with van der Waals surface area (Å²) in [7, 11) is -4.48. The number of halogens is 4. The maximum absolute atomic E-state index is 13.8. The molecule has 0 aromatic heterocycles. The zero-order chi connectivity index (χ0) is 29.5. The van der Waals surface area contributed by atoms with E-state index in [4.69, 9.17) is 11.6 Å². The highest BCUT2D eigenvalue weighted by atomic mass is 35.5. The van der Waals surface area contributed by atoms with E-state index in [0.29, 0.717) is 33.9 Å². The summed E-state index contributed by atoms with van der Waals surface area (Å²) in [5.74, 6) is -1.24. The van der Waals surface area contributed by atoms with Crippen LogP contribution >= 0.6 is 11.6 Å². The van der Waals surface area contributed by atoms with Crippen LogP contribution in [-0.4, -0.2) is 44.3 Å². The van der Waals surface area contributed by atoms with Crippen molar-refractivity contribution >= 4 is 39.1 Å². The minimum absolute atomic E-state index is 0.0709. The molecule has 0 bridgehead atoms. The molecule has 0 spiro atoms. The molecule has 0 aliphatic rings. The van der Waals surface area contributed by atoms with Gasteiger partial charge in [0.1, 0.15) is 12.6 Å². The van der Waals surface area contributed by atoms with Crippen molar-refractivity contribution in [2.24, 2.45) is 0 Å². The number of hydrogen-bond donors (Lipinski definition) is 1. The van der Waals surface area contributed by atoms with Gasteiger partial charge in [-0.25, -0.2) is 8.42 Å². The molecular formula is C28H29ClF3N3O4S. The summed E-state index contributed by atoms with van der Waals surface area (Å²) in [5.41, 5.74) is -0.804. The van der Waals surface area contributed by atoms with Crippen LogP contribution in [0.4, 0.5) is 18.9 Å². The van der Waals surface area contributed by atoms with Crippen LogP contribution < -0.4 is 9.62 Å². The molecule has 0 saturated heterocycles. The van der Waals surface area contributed by atoms with Crippen molar-refractivity contribution in [3.8, 4) is 0 Å². The fraction of sp³-hybridized carbons (Fsp3) is 0.286. The topological polar surface area (TPSA) is 86.8 Å². The Kier molecular flexibility index (Phi) is 10.2. The molecule has 214 valence electrons. The van der Waals surface area contributed by atoms with Crippen molar-refractivity contribution < 1.29 is 31.2 Å². The molecule has 0 aliphatic carbocycles. The molecule has 0 saturated carbocycles. The van der Waals surface area contributed by atoms with Gasteiger partial charge < -0.3 is 10.2 Å². The van der Waals surface area contributed by atoms with Crippen LogP contribution in [0.15, 0.2) is 83.8 Å². The van der Waals surface area contributed by atoms with Crippen molar-refractivity contribution in [1.29, 1.82) is 0 Å². The molecule has 40 heavy (non-hydrogen) atoms. The number of hydrogen-bond acceptors (Lipinski definition) is 4. The fourth-order valence-electron chi connectivity index (χ4n) is 3.85. The van der Waals surface area contributed by atoms with E-state index < -0.39 is 46.2 Å². The zero-order valence-electron chi connectivity index (χ0n) is 21.9. The monoisotopic (exact) mass is 595 g/mol. The maximum Gasteiger partial charge on any atom is 0.416 e. The first-order valence-corrected chi connectivity index (χ1v) is 14.2. The lowest BCUT2D eigenvalue weighted by atomic mass is 10.1. The number of rotatable bonds is 11. The second-order valence-electron chi connectivity index (χ2n) is 8.99. The lowest BCUT2D eigenvalue weighted by molar-refractivity contribution is -0.139. The van der Waals surface area contributed by atoms with Crippen LogP contribution in [-0.2, 0) is 32.3 Å². The van der Waals surface area contributed by atoms with Gasteiger partial charge in [0.15, 0.2) is 0 Å². The Balaban J connectivity index is 2.06. The van der Waals surface area contributed by atoms with Crippen molar-refractivity contribution in [3.63, 3.8) is 0 Å². The summed E-state index contributed by atoms with van der Waals surface area (Å²) in [4.78, 5) is 27.6. The number of sulfonamides is 1. The molecule has 12 heteroatoms. The molecule has 7 nitrogen and oxygen atoms in total. The van der Waals surface area contributed by atoms with Crippen LogP contribution in [0.25, 0.3) is 0 Å². The second-order valence-corrected chi connectivity index (χ2v) is 11.3. The van der Waals surface area contributed by atoms with Gasteiger partial charge in [0.05, 0.1) is 16.1 Å². The average molecular weight is 596 g/mol. The standard InChI is InChI=1S/C28H29ClF3N3O4S/c1-3-16-33-27(37)20(2)34(18-21-12-14-23(29)15-13-21)26(36)19-35(40(38,39)25-10-5-4-6-11-25)24-9-7-8-22(17-24)28(30,31)32/h4-15,17,20H,3,16,18-19H2,1-2H3,(H,33,37)/t20-/m1/s1. The lowest BCUT2D eigenvalue weighted by Crippen LogP contribution is -2.51. The number of amides is 2. The highest BCUT2D eigenvalue weighted by Crippen LogP contribution is 2.33. The van der Waals surface area contributed by atoms with E-state index in [9.17, 15) is 31.2 Å². The van der Waals surface area contributed by atoms with Crippen molar-refractivity contribution in [2.45, 2.75) is 43.9 Å². The predicted molar refractivity (Wildman–Crippen MR) is 147 cm³/mol. The second kappa shape index (κ2) is 13.2. The first-order chi connectivity index (χ1) is 18.8. The van der Waals surface area contributed by atoms with Gasteiger partial charge in [-0.05, 0) is 61.4 Å². The Hall–Kier alpha value is -3.57. The number of anilines is 1. The van der Waals surface area contributed by atoms with Gasteiger partial charge in [0.25, 0.3) is 10.0 Å². The van der Waals surface area contributed by atoms with Crippen LogP contribution in [0.2, 0.25) is 5.02 Å². The molecule has 1 atom stereocenters. The summed E-state index contributed by atoms with van der Waals surface area (Å²) >= 11 is 5.97. The van der Waals surface area contributed by atoms with E-state index in [-0.39, 0.29) is 17.1 Å². The van der Waals surface area contributed by atoms with Gasteiger partial charge in [0.2, 0.25) is 11.8 Å². The molecule has 2 amide bonds. The highest BCUT2D eigenvalue weighted by Gasteiger charge is 2.35. The normalized spacial score (nSPS) is 12.4. The van der Waals surface area contributed by atoms with E-state index >= 15 is 0 Å². The smallest absolute Gasteiger partial charge is 0.354 e. The summed E-state index contributed by atoms with van der Waals surface area (Å²) < 4.78 is 68.5. The summed E-state index contributed by atoms with van der Waals surface area (Å²) in [6.45, 7) is 2.81. The number of carbonyl (C=O) groups is 2. The first-order valence-electron chi connectivity index (χ1n) is 12.4. The van der Waals surface area contributed by atoms with Crippen molar-refractivity contribution in [3.05, 3.63) is 95.0 Å². The molecule has 0 radical (unpaired) electrons. The molecule has 3 rings (SSSR count). The average Bonchev–Trinajstić information content (AvgIpc) is 2.93. The zero-order valence-corrected chi connectivity index (χ0v) is 23.4. The molecule has 0 fully saturated rings. The van der Waals surface area contributed by atoms with Crippen molar-refractivity contribution in [1.82, 2.24) is 10.2 Å². The number of alkyl halides is 3. The Morgan fingerprint density at radius 3 is 2.23 bits per heavy atom. The molecule has 3 aromatic rings. The number of nitrogens with one attached hydrogen (secondary N) is 1. The number of carbonyl (C=O) groups excluding carboxylic acids is 2. The third kappa shape index (κ3) is 7.76. The third-order valence-corrected chi connectivity index (χ3v) is 8.09. The molecule has 0 heterocycles. The van der Waals surface area contributed by atoms with Crippen LogP contribution in [0.1, 0.15) is 31.4 Å². The van der Waals surface area contributed by atoms with Gasteiger partial charge in [-0.15, -0.1) is 0 Å². The van der Waals surface area contributed by atoms with Crippen LogP contribution in [0.5, 0.6) is 0 Å². The maximum atomic E-state index is 13.8. The SMILES string of the molecule is CCCNC(=O)[C@@H](C)N(Cc1ccc(Cl)cc1)C(=O)CN(c1cccc(C(F)(F)F)c1)S(=O)(=O)c1ccccc1. The summed E-state index contributed by atoms with van der Waals surface area (Å²) in [5, 5.41) is 3.18. The van der Waals surface area contributed by atoms with Gasteiger partial charge in [-0.2, -0.15) is 13.2 Å². The quantitative estimate of drug-likeness (QED) is 0.317. The van der Waals surface area contributed by atoms with Gasteiger partial charge in [-0.1, -0.05) is 54.9 Å². The van der Waals surface area contributed by atoms with E-state index in [1.807, 2.05) is 6.92 Å². The Morgan fingerprint density at radius 2 is 1.62 bits per heavy atom. The van der Waals surface area contributed by atoms with E-state index in [1.165, 1.54) is 42.2 Å². The Labute approximate surface area is 236 Å². The molecular weight excluding hydrogens is 567 g/mol. The Bertz CT molecular complexity index is 1420. The predicted octanol–water partition coefficient (Wildman–Crippen LogP) is 5.50. The van der Waals surface area contributed by atoms with Gasteiger partial charge in [0, 0.05) is 18.1 Å². The van der Waals surface area contributed by atoms with Gasteiger partial charge >= 0.3 is 6.18 Å². The Morgan fingerprint density at radius 1 is 0.975 bits per heavy atom. The van der Waals surface area contributed by atoms with Crippen LogP contribution in [0, 0.1) is 0 Å². The number of benzene rings is 3. The summed E-state index contributed by atoms with van der Waals surface area (Å²) in [6, 6.07) is 16.3. The number of nitrogens with zero attached hydrogens (tertiary/aromatic N) is 2. The fourth-order valence-corrected chi connectivity index (χ4v) is 5.40. The first kappa shape index (κ1) is 31.0. The minimum atomic E-state index is -4.74. The molecule has 0 aliphatic heterocycles. The van der Waals surface area contributed by atoms with E-state index in [0.717, 1.165) is 12.1 Å². The molecule has 0 unspecified atom stereocenters. The third-order valence-electron chi connectivity index (χ3n) is 6.05. The van der Waals surface area contributed by atoms with Crippen molar-refractivity contribution in [2.75, 3.05) is 17.4 Å². The molecule has 1 N–H and O–H groups in total. The highest BCUT2D eigenvalue weighted by molar-refractivity contribution is 7.92. The van der Waals surface area contributed by atoms with Crippen LogP contribution in [0.3, 0.4) is 0 Å². The minimum Gasteiger partial charge on any atom is -0.354 e. The van der Waals surface area contributed by atoms with Gasteiger partial charge in [-0.3, -0.25) is 13.9 Å². The summed E-state index contributed by atoms with van der Waals surface area (Å²) in [6.07, 6.45) is -4.09. The van der Waals surface area contributed by atoms with E-state index in [1.54, 1.807) is 30.3 Å². The largest absolute Gasteiger partial charge is 0.416 e.